The molecular weight excluding hydrogens is 530 g/mol. The Hall–Kier alpha value is -5.01. The van der Waals surface area contributed by atoms with Gasteiger partial charge in [0, 0.05) is 17.5 Å². The lowest BCUT2D eigenvalue weighted by Crippen LogP contribution is -2.34. The zero-order valence-corrected chi connectivity index (χ0v) is 23.7. The maximum absolute atomic E-state index is 14.3. The topological polar surface area (TPSA) is 132 Å². The van der Waals surface area contributed by atoms with Gasteiger partial charge in [0.25, 0.3) is 11.5 Å². The van der Waals surface area contributed by atoms with Crippen molar-refractivity contribution < 1.29 is 14.0 Å². The van der Waals surface area contributed by atoms with Crippen LogP contribution in [0.2, 0.25) is 0 Å². The van der Waals surface area contributed by atoms with E-state index < -0.39 is 11.9 Å². The molecule has 10 nitrogen and oxygen atoms in total. The molecule has 6 rings (SSSR count). The number of nitrogen functional groups attached to an aromatic ring is 1. The van der Waals surface area contributed by atoms with Gasteiger partial charge >= 0.3 is 5.65 Å². The number of hydrogen-bond acceptors (Lipinski definition) is 6. The molecule has 4 N–H and O–H groups in total. The van der Waals surface area contributed by atoms with E-state index in [1.807, 2.05) is 42.5 Å². The van der Waals surface area contributed by atoms with Gasteiger partial charge in [0.2, 0.25) is 0 Å². The normalized spacial score (nSPS) is 19.3. The number of H-pyrrole nitrogens is 1. The van der Waals surface area contributed by atoms with Crippen molar-refractivity contribution in [3.8, 4) is 17.5 Å². The highest BCUT2D eigenvalue weighted by molar-refractivity contribution is 6.03. The summed E-state index contributed by atoms with van der Waals surface area (Å²) in [5.74, 6) is 6.98. The average molecular weight is 563 g/mol. The average Bonchev–Trinajstić information content (AvgIpc) is 3.31. The van der Waals surface area contributed by atoms with E-state index in [0.29, 0.717) is 33.6 Å². The van der Waals surface area contributed by atoms with E-state index in [0.717, 1.165) is 12.8 Å². The second-order valence-electron chi connectivity index (χ2n) is 10.7. The first-order valence-corrected chi connectivity index (χ1v) is 14.0. The number of nitrogens with zero attached hydrogens (tertiary/aromatic N) is 4. The summed E-state index contributed by atoms with van der Waals surface area (Å²) in [6.07, 6.45) is 5.30. The first-order chi connectivity index (χ1) is 20.3. The Morgan fingerprint density at radius 3 is 2.67 bits per heavy atom. The standard InChI is InChI=1S/C32H31N7O3/c1-19-17-22(18-20(2)42-19)13-14-23-9-7-12-25-26(23)32(41)39(24-10-5-4-6-11-24)29(36-25)21(3)35-31(40)27-28(33)37-38-16-8-15-34-30(27)38/h4-12,15-16,19-22H,17-18H2,1-3H3,(H3,33,35,37,40)/p+1. The summed E-state index contributed by atoms with van der Waals surface area (Å²) in [7, 11) is 0. The summed E-state index contributed by atoms with van der Waals surface area (Å²) in [5, 5.41) is 6.32. The SMILES string of the molecule is CC1CC(C#Cc2cccc3nc(C(C)NC(=O)c4c(N)[nH][n+]5cccnc45)n(-c4ccccc4)c(=O)c23)CC(C)O1. The van der Waals surface area contributed by atoms with Gasteiger partial charge in [-0.3, -0.25) is 14.2 Å². The van der Waals surface area contributed by atoms with Crippen LogP contribution in [0.4, 0.5) is 5.82 Å². The molecule has 0 radical (unpaired) electrons. The number of hydrogen-bond donors (Lipinski definition) is 3. The third-order valence-corrected chi connectivity index (χ3v) is 7.49. The minimum Gasteiger partial charge on any atom is -0.382 e. The number of aromatic nitrogens is 5. The van der Waals surface area contributed by atoms with Gasteiger partial charge in [0.05, 0.1) is 34.8 Å². The van der Waals surface area contributed by atoms with Gasteiger partial charge in [-0.25, -0.2) is 10.1 Å². The number of amides is 1. The number of nitrogens with one attached hydrogen (secondary N) is 2. The highest BCUT2D eigenvalue weighted by Gasteiger charge is 2.28. The van der Waals surface area contributed by atoms with Crippen LogP contribution in [0, 0.1) is 17.8 Å². The zero-order valence-electron chi connectivity index (χ0n) is 23.7. The molecule has 2 aromatic carbocycles. The summed E-state index contributed by atoms with van der Waals surface area (Å²) in [6.45, 7) is 5.91. The molecule has 3 atom stereocenters. The molecule has 1 saturated heterocycles. The lowest BCUT2D eigenvalue weighted by Gasteiger charge is -2.29. The molecule has 1 amide bonds. The molecule has 3 aromatic heterocycles. The molecule has 4 heterocycles. The van der Waals surface area contributed by atoms with E-state index in [1.54, 1.807) is 40.5 Å². The van der Waals surface area contributed by atoms with E-state index >= 15 is 0 Å². The molecule has 212 valence electrons. The highest BCUT2D eigenvalue weighted by atomic mass is 16.5. The number of nitrogens with two attached hydrogens (primary N) is 1. The quantitative estimate of drug-likeness (QED) is 0.227. The summed E-state index contributed by atoms with van der Waals surface area (Å²) in [4.78, 5) is 36.9. The number of ether oxygens (including phenoxy) is 1. The summed E-state index contributed by atoms with van der Waals surface area (Å²) >= 11 is 0. The number of para-hydroxylation sites is 1. The fourth-order valence-electron chi connectivity index (χ4n) is 5.68. The molecule has 0 aliphatic carbocycles. The Balaban J connectivity index is 1.43. The van der Waals surface area contributed by atoms with E-state index in [-0.39, 0.29) is 35.1 Å². The maximum atomic E-state index is 14.3. The monoisotopic (exact) mass is 562 g/mol. The molecule has 0 saturated carbocycles. The number of fused-ring (bicyclic) bond motifs is 2. The van der Waals surface area contributed by atoms with Crippen molar-refractivity contribution in [2.75, 3.05) is 5.73 Å². The van der Waals surface area contributed by atoms with Gasteiger partial charge in [-0.05, 0) is 62.9 Å². The Bertz CT molecular complexity index is 1910. The smallest absolute Gasteiger partial charge is 0.362 e. The van der Waals surface area contributed by atoms with Crippen molar-refractivity contribution in [2.45, 2.75) is 51.9 Å². The van der Waals surface area contributed by atoms with Gasteiger partial charge in [-0.15, -0.1) is 4.52 Å². The molecule has 1 aliphatic rings. The second-order valence-corrected chi connectivity index (χ2v) is 10.7. The Morgan fingerprint density at radius 1 is 1.14 bits per heavy atom. The van der Waals surface area contributed by atoms with E-state index in [2.05, 4.69) is 41.1 Å². The number of anilines is 1. The number of carbonyl (C=O) groups is 1. The molecular formula is C32H32N7O3+. The predicted octanol–water partition coefficient (Wildman–Crippen LogP) is 3.48. The minimum atomic E-state index is -0.659. The van der Waals surface area contributed by atoms with E-state index in [4.69, 9.17) is 15.5 Å². The fourth-order valence-corrected chi connectivity index (χ4v) is 5.68. The highest BCUT2D eigenvalue weighted by Crippen LogP contribution is 2.25. The van der Waals surface area contributed by atoms with Gasteiger partial charge in [0.1, 0.15) is 18.2 Å². The van der Waals surface area contributed by atoms with Gasteiger partial charge in [-0.2, -0.15) is 0 Å². The molecule has 3 unspecified atom stereocenters. The molecule has 0 bridgehead atoms. The summed E-state index contributed by atoms with van der Waals surface area (Å²) in [5.41, 5.74) is 8.24. The summed E-state index contributed by atoms with van der Waals surface area (Å²) in [6, 6.07) is 15.8. The van der Waals surface area contributed by atoms with Crippen molar-refractivity contribution in [3.63, 3.8) is 0 Å². The molecule has 0 spiro atoms. The van der Waals surface area contributed by atoms with Crippen LogP contribution in [-0.4, -0.2) is 37.7 Å². The molecule has 1 fully saturated rings. The van der Waals surface area contributed by atoms with Crippen molar-refractivity contribution in [1.29, 1.82) is 0 Å². The number of rotatable bonds is 4. The lowest BCUT2D eigenvalue weighted by atomic mass is 9.93. The molecule has 42 heavy (non-hydrogen) atoms. The van der Waals surface area contributed by atoms with E-state index in [9.17, 15) is 9.59 Å². The van der Waals surface area contributed by atoms with Crippen molar-refractivity contribution in [2.24, 2.45) is 5.92 Å². The van der Waals surface area contributed by atoms with Crippen LogP contribution in [0.25, 0.3) is 22.2 Å². The Morgan fingerprint density at radius 2 is 1.90 bits per heavy atom. The number of aromatic amines is 1. The minimum absolute atomic E-state index is 0.144. The first-order valence-electron chi connectivity index (χ1n) is 14.0. The third kappa shape index (κ3) is 5.10. The fraction of sp³-hybridized carbons (Fsp3) is 0.281. The van der Waals surface area contributed by atoms with Crippen LogP contribution in [0.5, 0.6) is 0 Å². The van der Waals surface area contributed by atoms with Crippen LogP contribution in [0.15, 0.2) is 71.8 Å². The largest absolute Gasteiger partial charge is 0.382 e. The Kier molecular flexibility index (Phi) is 7.19. The lowest BCUT2D eigenvalue weighted by molar-refractivity contribution is -0.577. The van der Waals surface area contributed by atoms with E-state index in [1.165, 1.54) is 0 Å². The third-order valence-electron chi connectivity index (χ3n) is 7.49. The van der Waals surface area contributed by atoms with Crippen LogP contribution in [0.3, 0.4) is 0 Å². The molecule has 1 aliphatic heterocycles. The second kappa shape index (κ2) is 11.1. The van der Waals surface area contributed by atoms with Gasteiger partial charge in [0.15, 0.2) is 11.4 Å². The predicted molar refractivity (Wildman–Crippen MR) is 159 cm³/mol. The molecule has 5 aromatic rings. The van der Waals surface area contributed by atoms with Crippen LogP contribution in [-0.2, 0) is 4.74 Å². The van der Waals surface area contributed by atoms with Crippen LogP contribution in [0.1, 0.15) is 61.4 Å². The number of benzene rings is 2. The van der Waals surface area contributed by atoms with Crippen LogP contribution >= 0.6 is 0 Å². The first kappa shape index (κ1) is 27.2. The Labute approximate surface area is 242 Å². The number of carbonyl (C=O) groups excluding carboxylic acids is 1. The summed E-state index contributed by atoms with van der Waals surface area (Å²) < 4.78 is 8.98. The maximum Gasteiger partial charge on any atom is 0.362 e. The van der Waals surface area contributed by atoms with Crippen LogP contribution < -0.4 is 21.1 Å². The van der Waals surface area contributed by atoms with Crippen molar-refractivity contribution in [3.05, 3.63) is 94.3 Å². The molecule has 10 heteroatoms. The zero-order chi connectivity index (χ0) is 29.4. The van der Waals surface area contributed by atoms with Gasteiger partial charge in [-0.1, -0.05) is 36.1 Å². The van der Waals surface area contributed by atoms with Crippen molar-refractivity contribution >= 4 is 28.3 Å². The van der Waals surface area contributed by atoms with Crippen molar-refractivity contribution in [1.82, 2.24) is 25.0 Å². The van der Waals surface area contributed by atoms with Gasteiger partial charge < -0.3 is 15.8 Å².